The van der Waals surface area contributed by atoms with Gasteiger partial charge in [0.25, 0.3) is 0 Å². The lowest BCUT2D eigenvalue weighted by atomic mass is 10.1. The number of pyridine rings is 1. The highest BCUT2D eigenvalue weighted by atomic mass is 16.5. The summed E-state index contributed by atoms with van der Waals surface area (Å²) >= 11 is 0. The highest BCUT2D eigenvalue weighted by Gasteiger charge is 2.15. The molecule has 156 valence electrons. The number of hydrogen-bond donors (Lipinski definition) is 2. The maximum atomic E-state index is 12.6. The Labute approximate surface area is 180 Å². The van der Waals surface area contributed by atoms with Crippen molar-refractivity contribution >= 4 is 22.6 Å². The predicted octanol–water partition coefficient (Wildman–Crippen LogP) is 3.82. The average Bonchev–Trinajstić information content (AvgIpc) is 2.83. The number of anilines is 1. The highest BCUT2D eigenvalue weighted by molar-refractivity contribution is 5.94. The number of amides is 1. The molecule has 0 spiro atoms. The molecular formula is C24H23N5O2. The lowest BCUT2D eigenvalue weighted by molar-refractivity contribution is -0.121. The molecule has 0 aliphatic heterocycles. The van der Waals surface area contributed by atoms with Gasteiger partial charge in [-0.1, -0.05) is 36.4 Å². The Bertz CT molecular complexity index is 1180. The van der Waals surface area contributed by atoms with Gasteiger partial charge >= 0.3 is 0 Å². The largest absolute Gasteiger partial charge is 0.481 e. The van der Waals surface area contributed by atoms with E-state index in [-0.39, 0.29) is 5.91 Å². The van der Waals surface area contributed by atoms with Gasteiger partial charge in [0.2, 0.25) is 11.8 Å². The van der Waals surface area contributed by atoms with Crippen LogP contribution >= 0.6 is 0 Å². The molecule has 0 unspecified atom stereocenters. The molecule has 0 saturated carbocycles. The van der Waals surface area contributed by atoms with E-state index in [1.807, 2.05) is 67.6 Å². The maximum Gasteiger partial charge on any atom is 0.242 e. The van der Waals surface area contributed by atoms with Crippen molar-refractivity contribution in [1.29, 1.82) is 0 Å². The molecule has 0 bridgehead atoms. The summed E-state index contributed by atoms with van der Waals surface area (Å²) in [6.07, 6.45) is 3.25. The fourth-order valence-electron chi connectivity index (χ4n) is 3.23. The van der Waals surface area contributed by atoms with Gasteiger partial charge in [-0.15, -0.1) is 0 Å². The van der Waals surface area contributed by atoms with Crippen LogP contribution in [0.2, 0.25) is 0 Å². The Morgan fingerprint density at radius 1 is 1.00 bits per heavy atom. The van der Waals surface area contributed by atoms with E-state index in [9.17, 15) is 4.79 Å². The van der Waals surface area contributed by atoms with E-state index in [4.69, 9.17) is 4.74 Å². The number of benzene rings is 2. The maximum absolute atomic E-state index is 12.6. The number of carbonyl (C=O) groups excluding carboxylic acids is 1. The van der Waals surface area contributed by atoms with Crippen molar-refractivity contribution in [1.82, 2.24) is 20.3 Å². The summed E-state index contributed by atoms with van der Waals surface area (Å²) < 4.78 is 5.13. The monoisotopic (exact) mass is 413 g/mol. The zero-order valence-electron chi connectivity index (χ0n) is 17.4. The second kappa shape index (κ2) is 9.21. The van der Waals surface area contributed by atoms with E-state index >= 15 is 0 Å². The molecule has 0 aliphatic rings. The molecule has 4 rings (SSSR count). The lowest BCUT2D eigenvalue weighted by Gasteiger charge is -2.16. The van der Waals surface area contributed by atoms with Crippen molar-refractivity contribution in [3.05, 3.63) is 78.8 Å². The third-order valence-electron chi connectivity index (χ3n) is 4.97. The van der Waals surface area contributed by atoms with Crippen molar-refractivity contribution in [3.63, 3.8) is 0 Å². The molecule has 4 aromatic rings. The van der Waals surface area contributed by atoms with E-state index in [1.54, 1.807) is 13.3 Å². The number of methoxy groups -OCH3 is 1. The van der Waals surface area contributed by atoms with Gasteiger partial charge in [-0.05, 0) is 36.2 Å². The van der Waals surface area contributed by atoms with Gasteiger partial charge in [-0.3, -0.25) is 4.79 Å². The van der Waals surface area contributed by atoms with E-state index in [2.05, 4.69) is 25.6 Å². The number of rotatable bonds is 7. The molecule has 0 aliphatic carbocycles. The molecule has 2 N–H and O–H groups in total. The standard InChI is InChI=1S/C24H23N5O2/c1-16(24(30)26-13-17-6-4-3-5-7-17)29-23-20-12-18(8-10-21(20)27-15-28-23)19-9-11-22(31-2)25-14-19/h3-12,14-16H,13H2,1-2H3,(H,26,30)(H,27,28,29)/t16-/m0/s1. The minimum Gasteiger partial charge on any atom is -0.481 e. The van der Waals surface area contributed by atoms with Crippen molar-refractivity contribution in [2.45, 2.75) is 19.5 Å². The third kappa shape index (κ3) is 4.78. The first-order valence-corrected chi connectivity index (χ1v) is 9.97. The van der Waals surface area contributed by atoms with Gasteiger partial charge in [0.05, 0.1) is 12.6 Å². The fraction of sp³-hybridized carbons (Fsp3) is 0.167. The number of ether oxygens (including phenoxy) is 1. The molecule has 2 aromatic heterocycles. The number of fused-ring (bicyclic) bond motifs is 1. The summed E-state index contributed by atoms with van der Waals surface area (Å²) in [5.74, 6) is 1.06. The van der Waals surface area contributed by atoms with Crippen LogP contribution < -0.4 is 15.4 Å². The van der Waals surface area contributed by atoms with Gasteiger partial charge in [0.1, 0.15) is 18.2 Å². The van der Waals surface area contributed by atoms with Gasteiger partial charge in [0, 0.05) is 29.8 Å². The molecular weight excluding hydrogens is 390 g/mol. The molecule has 2 heterocycles. The van der Waals surface area contributed by atoms with Crippen LogP contribution in [0.5, 0.6) is 5.88 Å². The lowest BCUT2D eigenvalue weighted by Crippen LogP contribution is -2.37. The van der Waals surface area contributed by atoms with Crippen molar-refractivity contribution in [3.8, 4) is 17.0 Å². The van der Waals surface area contributed by atoms with Crippen LogP contribution in [0.25, 0.3) is 22.0 Å². The summed E-state index contributed by atoms with van der Waals surface area (Å²) in [6.45, 7) is 2.29. The first kappa shape index (κ1) is 20.3. The molecule has 1 amide bonds. The van der Waals surface area contributed by atoms with E-state index in [0.29, 0.717) is 18.2 Å². The number of aromatic nitrogens is 3. The minimum absolute atomic E-state index is 0.105. The normalized spacial score (nSPS) is 11.7. The number of nitrogens with zero attached hydrogens (tertiary/aromatic N) is 3. The van der Waals surface area contributed by atoms with E-state index < -0.39 is 6.04 Å². The second-order valence-electron chi connectivity index (χ2n) is 7.11. The SMILES string of the molecule is COc1ccc(-c2ccc3ncnc(N[C@@H](C)C(=O)NCc4ccccc4)c3c2)cn1. The summed E-state index contributed by atoms with van der Waals surface area (Å²) in [5.41, 5.74) is 3.76. The summed E-state index contributed by atoms with van der Waals surface area (Å²) in [7, 11) is 1.59. The van der Waals surface area contributed by atoms with Crippen LogP contribution in [0, 0.1) is 0 Å². The zero-order chi connectivity index (χ0) is 21.6. The number of nitrogens with one attached hydrogen (secondary N) is 2. The first-order valence-electron chi connectivity index (χ1n) is 9.97. The molecule has 0 saturated heterocycles. The Morgan fingerprint density at radius 2 is 1.81 bits per heavy atom. The Hall–Kier alpha value is -4.00. The number of hydrogen-bond acceptors (Lipinski definition) is 6. The smallest absolute Gasteiger partial charge is 0.242 e. The molecule has 31 heavy (non-hydrogen) atoms. The van der Waals surface area contributed by atoms with Crippen LogP contribution in [0.1, 0.15) is 12.5 Å². The fourth-order valence-corrected chi connectivity index (χ4v) is 3.23. The second-order valence-corrected chi connectivity index (χ2v) is 7.11. The van der Waals surface area contributed by atoms with Gasteiger partial charge in [-0.2, -0.15) is 0 Å². The van der Waals surface area contributed by atoms with Crippen LogP contribution in [0.3, 0.4) is 0 Å². The quantitative estimate of drug-likeness (QED) is 0.479. The van der Waals surface area contributed by atoms with Crippen LogP contribution in [0.15, 0.2) is 73.2 Å². The Balaban J connectivity index is 1.53. The van der Waals surface area contributed by atoms with Gasteiger partial charge < -0.3 is 15.4 Å². The number of carbonyl (C=O) groups is 1. The van der Waals surface area contributed by atoms with E-state index in [0.717, 1.165) is 27.6 Å². The van der Waals surface area contributed by atoms with Gasteiger partial charge in [0.15, 0.2) is 0 Å². The van der Waals surface area contributed by atoms with E-state index in [1.165, 1.54) is 6.33 Å². The molecule has 7 heteroatoms. The van der Waals surface area contributed by atoms with Gasteiger partial charge in [-0.25, -0.2) is 15.0 Å². The topological polar surface area (TPSA) is 89.0 Å². The molecule has 0 fully saturated rings. The molecule has 0 radical (unpaired) electrons. The summed E-state index contributed by atoms with van der Waals surface area (Å²) in [6, 6.07) is 19.0. The Kier molecular flexibility index (Phi) is 6.03. The molecule has 7 nitrogen and oxygen atoms in total. The van der Waals surface area contributed by atoms with Crippen molar-refractivity contribution in [2.75, 3.05) is 12.4 Å². The van der Waals surface area contributed by atoms with Crippen LogP contribution in [-0.2, 0) is 11.3 Å². The minimum atomic E-state index is -0.465. The Morgan fingerprint density at radius 3 is 2.55 bits per heavy atom. The molecule has 1 atom stereocenters. The van der Waals surface area contributed by atoms with Crippen LogP contribution in [0.4, 0.5) is 5.82 Å². The summed E-state index contributed by atoms with van der Waals surface area (Å²) in [4.78, 5) is 25.6. The van der Waals surface area contributed by atoms with Crippen molar-refractivity contribution < 1.29 is 9.53 Å². The predicted molar refractivity (Wildman–Crippen MR) is 121 cm³/mol. The van der Waals surface area contributed by atoms with Crippen molar-refractivity contribution in [2.24, 2.45) is 0 Å². The summed E-state index contributed by atoms with van der Waals surface area (Å²) in [5, 5.41) is 7.00. The zero-order valence-corrected chi connectivity index (χ0v) is 17.4. The third-order valence-corrected chi connectivity index (χ3v) is 4.97. The average molecular weight is 413 g/mol. The molecule has 2 aromatic carbocycles. The van der Waals surface area contributed by atoms with Crippen LogP contribution in [-0.4, -0.2) is 34.0 Å². The highest BCUT2D eigenvalue weighted by Crippen LogP contribution is 2.27. The first-order chi connectivity index (χ1) is 15.1.